The summed E-state index contributed by atoms with van der Waals surface area (Å²) >= 11 is 1.75. The van der Waals surface area contributed by atoms with Gasteiger partial charge in [0.2, 0.25) is 0 Å². The van der Waals surface area contributed by atoms with E-state index in [2.05, 4.69) is 28.8 Å². The molecule has 2 aromatic heterocycles. The van der Waals surface area contributed by atoms with E-state index in [1.165, 1.54) is 31.4 Å². The number of hydrogen-bond acceptors (Lipinski definition) is 3. The predicted molar refractivity (Wildman–Crippen MR) is 76.0 cm³/mol. The van der Waals surface area contributed by atoms with Gasteiger partial charge < -0.3 is 10.3 Å². The number of nitrogens with one attached hydrogen (secondary N) is 2. The molecule has 0 aromatic carbocycles. The lowest BCUT2D eigenvalue weighted by Gasteiger charge is -2.27. The Bertz CT molecular complexity index is 481. The Kier molecular flexibility index (Phi) is 3.48. The van der Waals surface area contributed by atoms with Crippen molar-refractivity contribution in [1.82, 2.24) is 15.3 Å². The first kappa shape index (κ1) is 11.9. The second-order valence-electron chi connectivity index (χ2n) is 5.00. The van der Waals surface area contributed by atoms with Gasteiger partial charge in [-0.3, -0.25) is 0 Å². The third-order valence-electron chi connectivity index (χ3n) is 3.90. The van der Waals surface area contributed by atoms with Crippen molar-refractivity contribution in [3.8, 4) is 10.7 Å². The van der Waals surface area contributed by atoms with Crippen molar-refractivity contribution in [2.75, 3.05) is 7.05 Å². The first-order chi connectivity index (χ1) is 8.86. The number of H-pyrrole nitrogens is 1. The van der Waals surface area contributed by atoms with Gasteiger partial charge >= 0.3 is 0 Å². The summed E-state index contributed by atoms with van der Waals surface area (Å²) in [4.78, 5) is 8.02. The van der Waals surface area contributed by atoms with Gasteiger partial charge in [0.05, 0.1) is 11.4 Å². The van der Waals surface area contributed by atoms with Crippen LogP contribution in [0.3, 0.4) is 0 Å². The SMILES string of the molecule is CNC1CCC(c2csc(-c3ccc[nH]3)n2)CC1. The molecule has 2 heterocycles. The molecule has 0 amide bonds. The minimum absolute atomic E-state index is 0.662. The van der Waals surface area contributed by atoms with Gasteiger partial charge in [0, 0.05) is 23.5 Å². The molecule has 1 fully saturated rings. The summed E-state index contributed by atoms with van der Waals surface area (Å²) in [6.07, 6.45) is 7.03. The maximum Gasteiger partial charge on any atom is 0.139 e. The quantitative estimate of drug-likeness (QED) is 0.889. The molecule has 2 N–H and O–H groups in total. The largest absolute Gasteiger partial charge is 0.359 e. The van der Waals surface area contributed by atoms with Crippen molar-refractivity contribution < 1.29 is 0 Å². The zero-order valence-corrected chi connectivity index (χ0v) is 11.5. The highest BCUT2D eigenvalue weighted by atomic mass is 32.1. The van der Waals surface area contributed by atoms with Gasteiger partial charge in [0.1, 0.15) is 5.01 Å². The Labute approximate surface area is 112 Å². The Morgan fingerprint density at radius 1 is 1.33 bits per heavy atom. The highest BCUT2D eigenvalue weighted by Crippen LogP contribution is 2.34. The van der Waals surface area contributed by atoms with Crippen LogP contribution < -0.4 is 5.32 Å². The van der Waals surface area contributed by atoms with Gasteiger partial charge in [-0.15, -0.1) is 11.3 Å². The summed E-state index contributed by atoms with van der Waals surface area (Å²) in [5.74, 6) is 0.662. The molecular formula is C14H19N3S. The number of hydrogen-bond donors (Lipinski definition) is 2. The molecule has 1 saturated carbocycles. The van der Waals surface area contributed by atoms with Gasteiger partial charge in [0.25, 0.3) is 0 Å². The van der Waals surface area contributed by atoms with Crippen LogP contribution in [0.25, 0.3) is 10.7 Å². The monoisotopic (exact) mass is 261 g/mol. The number of thiazole rings is 1. The minimum Gasteiger partial charge on any atom is -0.359 e. The van der Waals surface area contributed by atoms with Crippen LogP contribution in [0.1, 0.15) is 37.3 Å². The van der Waals surface area contributed by atoms with Crippen molar-refractivity contribution in [3.05, 3.63) is 29.4 Å². The summed E-state index contributed by atoms with van der Waals surface area (Å²) in [6.45, 7) is 0. The fourth-order valence-corrected chi connectivity index (χ4v) is 3.63. The van der Waals surface area contributed by atoms with Crippen LogP contribution in [-0.2, 0) is 0 Å². The van der Waals surface area contributed by atoms with Crippen LogP contribution >= 0.6 is 11.3 Å². The van der Waals surface area contributed by atoms with Crippen LogP contribution in [0.4, 0.5) is 0 Å². The molecule has 0 radical (unpaired) electrons. The Hall–Kier alpha value is -1.13. The molecule has 0 aliphatic heterocycles. The van der Waals surface area contributed by atoms with Gasteiger partial charge in [-0.2, -0.15) is 0 Å². The van der Waals surface area contributed by atoms with Crippen molar-refractivity contribution >= 4 is 11.3 Å². The standard InChI is InChI=1S/C14H19N3S/c1-15-11-6-4-10(5-7-11)13-9-18-14(17-13)12-3-2-8-16-12/h2-3,8-11,15-16H,4-7H2,1H3. The number of nitrogens with zero attached hydrogens (tertiary/aromatic N) is 1. The molecule has 0 atom stereocenters. The molecule has 2 aromatic rings. The first-order valence-corrected chi connectivity index (χ1v) is 7.51. The molecule has 1 aliphatic carbocycles. The van der Waals surface area contributed by atoms with E-state index in [1.54, 1.807) is 11.3 Å². The topological polar surface area (TPSA) is 40.7 Å². The molecule has 18 heavy (non-hydrogen) atoms. The zero-order chi connectivity index (χ0) is 12.4. The molecule has 0 bridgehead atoms. The first-order valence-electron chi connectivity index (χ1n) is 6.63. The van der Waals surface area contributed by atoms with E-state index < -0.39 is 0 Å². The summed E-state index contributed by atoms with van der Waals surface area (Å²) in [5.41, 5.74) is 2.43. The van der Waals surface area contributed by atoms with E-state index in [9.17, 15) is 0 Å². The average Bonchev–Trinajstić information content (AvgIpc) is 3.09. The molecule has 1 aliphatic rings. The fraction of sp³-hybridized carbons (Fsp3) is 0.500. The van der Waals surface area contributed by atoms with E-state index in [0.29, 0.717) is 12.0 Å². The maximum absolute atomic E-state index is 4.79. The smallest absolute Gasteiger partial charge is 0.139 e. The van der Waals surface area contributed by atoms with Crippen LogP contribution in [-0.4, -0.2) is 23.1 Å². The van der Waals surface area contributed by atoms with Crippen molar-refractivity contribution in [2.24, 2.45) is 0 Å². The predicted octanol–water partition coefficient (Wildman–Crippen LogP) is 3.38. The van der Waals surface area contributed by atoms with Crippen molar-refractivity contribution in [3.63, 3.8) is 0 Å². The lowest BCUT2D eigenvalue weighted by Crippen LogP contribution is -2.29. The van der Waals surface area contributed by atoms with Crippen LogP contribution in [0.5, 0.6) is 0 Å². The Morgan fingerprint density at radius 2 is 2.17 bits per heavy atom. The third-order valence-corrected chi connectivity index (χ3v) is 4.80. The number of rotatable bonds is 3. The van der Waals surface area contributed by atoms with Gasteiger partial charge in [-0.05, 0) is 44.9 Å². The lowest BCUT2D eigenvalue weighted by molar-refractivity contribution is 0.355. The maximum atomic E-state index is 4.79. The molecule has 0 saturated heterocycles. The lowest BCUT2D eigenvalue weighted by atomic mass is 9.84. The van der Waals surface area contributed by atoms with E-state index in [-0.39, 0.29) is 0 Å². The van der Waals surface area contributed by atoms with Gasteiger partial charge in [0.15, 0.2) is 0 Å². The molecule has 96 valence electrons. The van der Waals surface area contributed by atoms with Crippen LogP contribution in [0.2, 0.25) is 0 Å². The van der Waals surface area contributed by atoms with E-state index in [4.69, 9.17) is 4.98 Å². The van der Waals surface area contributed by atoms with Gasteiger partial charge in [-0.25, -0.2) is 4.98 Å². The molecule has 3 nitrogen and oxygen atoms in total. The Balaban J connectivity index is 1.71. The van der Waals surface area contributed by atoms with Crippen LogP contribution in [0.15, 0.2) is 23.7 Å². The van der Waals surface area contributed by atoms with Gasteiger partial charge in [-0.1, -0.05) is 0 Å². The van der Waals surface area contributed by atoms with E-state index in [0.717, 1.165) is 10.7 Å². The third kappa shape index (κ3) is 2.35. The molecule has 0 unspecified atom stereocenters. The highest BCUT2D eigenvalue weighted by molar-refractivity contribution is 7.13. The second-order valence-corrected chi connectivity index (χ2v) is 5.86. The molecule has 3 rings (SSSR count). The average molecular weight is 261 g/mol. The highest BCUT2D eigenvalue weighted by Gasteiger charge is 2.23. The normalized spacial score (nSPS) is 24.3. The summed E-state index contributed by atoms with van der Waals surface area (Å²) in [5, 5.41) is 6.73. The van der Waals surface area contributed by atoms with E-state index >= 15 is 0 Å². The molecule has 4 heteroatoms. The molecule has 0 spiro atoms. The number of aromatic amines is 1. The van der Waals surface area contributed by atoms with Crippen molar-refractivity contribution in [2.45, 2.75) is 37.6 Å². The summed E-state index contributed by atoms with van der Waals surface area (Å²) in [7, 11) is 2.07. The Morgan fingerprint density at radius 3 is 2.83 bits per heavy atom. The fourth-order valence-electron chi connectivity index (χ4n) is 2.74. The summed E-state index contributed by atoms with van der Waals surface area (Å²) in [6, 6.07) is 4.82. The number of aromatic nitrogens is 2. The van der Waals surface area contributed by atoms with E-state index in [1.807, 2.05) is 12.3 Å². The van der Waals surface area contributed by atoms with Crippen LogP contribution in [0, 0.1) is 0 Å². The minimum atomic E-state index is 0.662. The second kappa shape index (κ2) is 5.24. The zero-order valence-electron chi connectivity index (χ0n) is 10.6. The molecular weight excluding hydrogens is 242 g/mol. The van der Waals surface area contributed by atoms with Crippen molar-refractivity contribution in [1.29, 1.82) is 0 Å². The summed E-state index contributed by atoms with van der Waals surface area (Å²) < 4.78 is 0.